The van der Waals surface area contributed by atoms with Crippen LogP contribution in [0.25, 0.3) is 0 Å². The molecule has 1 N–H and O–H groups in total. The van der Waals surface area contributed by atoms with Gasteiger partial charge in [-0.15, -0.1) is 0 Å². The average Bonchev–Trinajstić information content (AvgIpc) is 2.69. The van der Waals surface area contributed by atoms with Crippen molar-refractivity contribution in [2.45, 2.75) is 46.2 Å². The van der Waals surface area contributed by atoms with Gasteiger partial charge in [-0.05, 0) is 37.5 Å². The van der Waals surface area contributed by atoms with Crippen LogP contribution < -0.4 is 10.2 Å². The van der Waals surface area contributed by atoms with Gasteiger partial charge in [-0.1, -0.05) is 26.0 Å². The third-order valence-corrected chi connectivity index (χ3v) is 3.67. The summed E-state index contributed by atoms with van der Waals surface area (Å²) in [5, 5.41) is 3.63. The Bertz CT molecular complexity index is 385. The minimum absolute atomic E-state index is 0.582. The van der Waals surface area contributed by atoms with Crippen molar-refractivity contribution in [2.24, 2.45) is 0 Å². The highest BCUT2D eigenvalue weighted by Gasteiger charge is 2.23. The zero-order valence-electron chi connectivity index (χ0n) is 11.5. The summed E-state index contributed by atoms with van der Waals surface area (Å²) in [7, 11) is 0. The van der Waals surface area contributed by atoms with Gasteiger partial charge in [-0.25, -0.2) is 0 Å². The lowest BCUT2D eigenvalue weighted by Crippen LogP contribution is -2.37. The molecular formula is C15H24N2. The van der Waals surface area contributed by atoms with Gasteiger partial charge in [0.15, 0.2) is 0 Å². The summed E-state index contributed by atoms with van der Waals surface area (Å²) >= 11 is 0. The number of rotatable bonds is 3. The maximum atomic E-state index is 3.63. The first-order chi connectivity index (χ1) is 8.08. The molecule has 94 valence electrons. The molecule has 0 aliphatic carbocycles. The van der Waals surface area contributed by atoms with Gasteiger partial charge in [0.05, 0.1) is 0 Å². The van der Waals surface area contributed by atoms with E-state index in [0.29, 0.717) is 12.1 Å². The first-order valence-corrected chi connectivity index (χ1v) is 6.65. The van der Waals surface area contributed by atoms with Crippen molar-refractivity contribution in [3.05, 3.63) is 29.3 Å². The predicted molar refractivity (Wildman–Crippen MR) is 74.8 cm³/mol. The minimum atomic E-state index is 0.582. The van der Waals surface area contributed by atoms with E-state index in [2.05, 4.69) is 56.1 Å². The number of nitrogens with zero attached hydrogens (tertiary/aromatic N) is 1. The fourth-order valence-electron chi connectivity index (χ4n) is 2.66. The molecular weight excluding hydrogens is 208 g/mol. The Morgan fingerprint density at radius 2 is 2.06 bits per heavy atom. The molecule has 1 aromatic carbocycles. The van der Waals surface area contributed by atoms with E-state index >= 15 is 0 Å². The summed E-state index contributed by atoms with van der Waals surface area (Å²) in [6.45, 7) is 11.2. The van der Waals surface area contributed by atoms with Gasteiger partial charge in [0, 0.05) is 30.9 Å². The molecule has 2 heteroatoms. The fraction of sp³-hybridized carbons (Fsp3) is 0.600. The van der Waals surface area contributed by atoms with E-state index in [1.807, 2.05) is 0 Å². The third kappa shape index (κ3) is 2.81. The lowest BCUT2D eigenvalue weighted by Gasteiger charge is -2.22. The lowest BCUT2D eigenvalue weighted by atomic mass is 10.1. The molecule has 1 heterocycles. The van der Waals surface area contributed by atoms with E-state index in [0.717, 1.165) is 6.54 Å². The molecule has 0 amide bonds. The fourth-order valence-corrected chi connectivity index (χ4v) is 2.66. The average molecular weight is 232 g/mol. The van der Waals surface area contributed by atoms with Crippen molar-refractivity contribution < 1.29 is 0 Å². The van der Waals surface area contributed by atoms with Gasteiger partial charge in [0.25, 0.3) is 0 Å². The van der Waals surface area contributed by atoms with Gasteiger partial charge in [0.1, 0.15) is 0 Å². The second-order valence-electron chi connectivity index (χ2n) is 5.47. The Morgan fingerprint density at radius 1 is 1.29 bits per heavy atom. The van der Waals surface area contributed by atoms with E-state index in [9.17, 15) is 0 Å². The molecule has 0 bridgehead atoms. The number of anilines is 1. The van der Waals surface area contributed by atoms with Crippen molar-refractivity contribution >= 4 is 5.69 Å². The summed E-state index contributed by atoms with van der Waals surface area (Å²) in [5.41, 5.74) is 4.23. The zero-order chi connectivity index (χ0) is 12.4. The Balaban J connectivity index is 2.07. The second kappa shape index (κ2) is 5.09. The Kier molecular flexibility index (Phi) is 3.72. The molecule has 0 saturated carbocycles. The van der Waals surface area contributed by atoms with E-state index < -0.39 is 0 Å². The van der Waals surface area contributed by atoms with E-state index in [1.54, 1.807) is 0 Å². The van der Waals surface area contributed by atoms with Crippen molar-refractivity contribution in [2.75, 3.05) is 18.0 Å². The molecule has 1 unspecified atom stereocenters. The smallest absolute Gasteiger partial charge is 0.0399 e. The number of aryl methyl sites for hydroxylation is 1. The topological polar surface area (TPSA) is 15.3 Å². The molecule has 2 rings (SSSR count). The molecule has 1 aliphatic heterocycles. The van der Waals surface area contributed by atoms with Crippen LogP contribution in [0.15, 0.2) is 18.2 Å². The van der Waals surface area contributed by atoms with Crippen molar-refractivity contribution in [3.63, 3.8) is 0 Å². The molecule has 1 fully saturated rings. The Labute approximate surface area is 105 Å². The third-order valence-electron chi connectivity index (χ3n) is 3.67. The molecule has 17 heavy (non-hydrogen) atoms. The van der Waals surface area contributed by atoms with Crippen LogP contribution in [-0.2, 0) is 0 Å². The van der Waals surface area contributed by atoms with Crippen LogP contribution in [-0.4, -0.2) is 25.2 Å². The van der Waals surface area contributed by atoms with E-state index in [4.69, 9.17) is 0 Å². The quantitative estimate of drug-likeness (QED) is 0.862. The number of benzene rings is 1. The standard InChI is InChI=1S/C15H24N2/c1-11(2)16-14-8-9-17(10-14)15-7-5-6-12(3)13(15)4/h5-7,11,14,16H,8-10H2,1-4H3. The van der Waals surface area contributed by atoms with Crippen molar-refractivity contribution in [1.29, 1.82) is 0 Å². The zero-order valence-corrected chi connectivity index (χ0v) is 11.5. The van der Waals surface area contributed by atoms with Crippen LogP contribution in [0.2, 0.25) is 0 Å². The summed E-state index contributed by atoms with van der Waals surface area (Å²) in [4.78, 5) is 2.52. The van der Waals surface area contributed by atoms with Gasteiger partial charge in [-0.3, -0.25) is 0 Å². The highest BCUT2D eigenvalue weighted by Crippen LogP contribution is 2.26. The number of nitrogens with one attached hydrogen (secondary N) is 1. The van der Waals surface area contributed by atoms with Gasteiger partial charge < -0.3 is 10.2 Å². The van der Waals surface area contributed by atoms with Crippen LogP contribution in [0.1, 0.15) is 31.4 Å². The summed E-state index contributed by atoms with van der Waals surface area (Å²) in [6.07, 6.45) is 1.26. The largest absolute Gasteiger partial charge is 0.370 e. The monoisotopic (exact) mass is 232 g/mol. The minimum Gasteiger partial charge on any atom is -0.370 e. The van der Waals surface area contributed by atoms with Gasteiger partial charge in [0.2, 0.25) is 0 Å². The SMILES string of the molecule is Cc1cccc(N2CCC(NC(C)C)C2)c1C. The maximum absolute atomic E-state index is 3.63. The van der Waals surface area contributed by atoms with Crippen LogP contribution in [0.5, 0.6) is 0 Å². The Hall–Kier alpha value is -1.02. The van der Waals surface area contributed by atoms with E-state index in [1.165, 1.54) is 29.8 Å². The van der Waals surface area contributed by atoms with Crippen LogP contribution in [0, 0.1) is 13.8 Å². The molecule has 1 aliphatic rings. The van der Waals surface area contributed by atoms with Crippen molar-refractivity contribution in [1.82, 2.24) is 5.32 Å². The first kappa shape index (κ1) is 12.4. The predicted octanol–water partition coefficient (Wildman–Crippen LogP) is 2.88. The first-order valence-electron chi connectivity index (χ1n) is 6.65. The summed E-state index contributed by atoms with van der Waals surface area (Å²) < 4.78 is 0. The molecule has 1 saturated heterocycles. The Morgan fingerprint density at radius 3 is 2.76 bits per heavy atom. The lowest BCUT2D eigenvalue weighted by molar-refractivity contribution is 0.492. The van der Waals surface area contributed by atoms with E-state index in [-0.39, 0.29) is 0 Å². The molecule has 0 aromatic heterocycles. The van der Waals surface area contributed by atoms with Gasteiger partial charge in [-0.2, -0.15) is 0 Å². The maximum Gasteiger partial charge on any atom is 0.0399 e. The van der Waals surface area contributed by atoms with Gasteiger partial charge >= 0.3 is 0 Å². The molecule has 0 spiro atoms. The second-order valence-corrected chi connectivity index (χ2v) is 5.47. The molecule has 1 atom stereocenters. The molecule has 0 radical (unpaired) electrons. The molecule has 1 aromatic rings. The highest BCUT2D eigenvalue weighted by molar-refractivity contribution is 5.56. The van der Waals surface area contributed by atoms with Crippen LogP contribution in [0.4, 0.5) is 5.69 Å². The normalized spacial score (nSPS) is 20.3. The number of hydrogen-bond acceptors (Lipinski definition) is 2. The number of hydrogen-bond donors (Lipinski definition) is 1. The summed E-state index contributed by atoms with van der Waals surface area (Å²) in [6, 6.07) is 7.84. The van der Waals surface area contributed by atoms with Crippen LogP contribution in [0.3, 0.4) is 0 Å². The molecule has 2 nitrogen and oxygen atoms in total. The summed E-state index contributed by atoms with van der Waals surface area (Å²) in [5.74, 6) is 0. The van der Waals surface area contributed by atoms with Crippen molar-refractivity contribution in [3.8, 4) is 0 Å². The highest BCUT2D eigenvalue weighted by atomic mass is 15.2. The van der Waals surface area contributed by atoms with Crippen LogP contribution >= 0.6 is 0 Å².